The highest BCUT2D eigenvalue weighted by molar-refractivity contribution is 7.99. The van der Waals surface area contributed by atoms with Crippen LogP contribution in [0.15, 0.2) is 29.4 Å². The van der Waals surface area contributed by atoms with Gasteiger partial charge in [0.25, 0.3) is 0 Å². The van der Waals surface area contributed by atoms with Crippen molar-refractivity contribution in [2.24, 2.45) is 0 Å². The molecule has 5 nitrogen and oxygen atoms in total. The van der Waals surface area contributed by atoms with Crippen LogP contribution < -0.4 is 0 Å². The highest BCUT2D eigenvalue weighted by atomic mass is 32.2. The fourth-order valence-corrected chi connectivity index (χ4v) is 2.29. The molecule has 0 fully saturated rings. The molecule has 0 spiro atoms. The highest BCUT2D eigenvalue weighted by Gasteiger charge is 2.08. The lowest BCUT2D eigenvalue weighted by atomic mass is 10.2. The molecule has 0 saturated heterocycles. The third-order valence-electron chi connectivity index (χ3n) is 2.44. The summed E-state index contributed by atoms with van der Waals surface area (Å²) in [6, 6.07) is 8.14. The third-order valence-corrected chi connectivity index (χ3v) is 3.45. The maximum atomic E-state index is 5.02. The van der Waals surface area contributed by atoms with E-state index < -0.39 is 0 Å². The number of methoxy groups -OCH3 is 1. The minimum absolute atomic E-state index is 0.763. The molecule has 18 heavy (non-hydrogen) atoms. The van der Waals surface area contributed by atoms with E-state index in [0.29, 0.717) is 0 Å². The summed E-state index contributed by atoms with van der Waals surface area (Å²) in [5, 5.41) is 12.6. The molecule has 0 N–H and O–H groups in total. The number of ether oxygens (including phenoxy) is 1. The van der Waals surface area contributed by atoms with Crippen LogP contribution in [0.4, 0.5) is 0 Å². The molecule has 96 valence electrons. The van der Waals surface area contributed by atoms with Gasteiger partial charge >= 0.3 is 0 Å². The van der Waals surface area contributed by atoms with Crippen molar-refractivity contribution in [1.82, 2.24) is 20.2 Å². The fraction of sp³-hybridized carbons (Fsp3) is 0.417. The van der Waals surface area contributed by atoms with Crippen LogP contribution in [0.2, 0.25) is 0 Å². The molecule has 6 heteroatoms. The molecule has 0 aliphatic heterocycles. The molecule has 0 saturated carbocycles. The highest BCUT2D eigenvalue weighted by Crippen LogP contribution is 2.18. The lowest BCUT2D eigenvalue weighted by Gasteiger charge is -2.04. The Morgan fingerprint density at radius 3 is 2.78 bits per heavy atom. The van der Waals surface area contributed by atoms with E-state index in [2.05, 4.69) is 34.6 Å². The van der Waals surface area contributed by atoms with E-state index in [1.165, 1.54) is 5.56 Å². The molecule has 0 bridgehead atoms. The predicted molar refractivity (Wildman–Crippen MR) is 71.1 cm³/mol. The van der Waals surface area contributed by atoms with Crippen LogP contribution in [0.1, 0.15) is 12.0 Å². The van der Waals surface area contributed by atoms with E-state index in [9.17, 15) is 0 Å². The Morgan fingerprint density at radius 2 is 2.06 bits per heavy atom. The summed E-state index contributed by atoms with van der Waals surface area (Å²) in [6.07, 6.45) is 0.988. The summed E-state index contributed by atoms with van der Waals surface area (Å²) in [4.78, 5) is 0. The molecular formula is C12H16N4OS. The largest absolute Gasteiger partial charge is 0.385 e. The van der Waals surface area contributed by atoms with E-state index >= 15 is 0 Å². The van der Waals surface area contributed by atoms with Crippen molar-refractivity contribution in [2.75, 3.05) is 19.5 Å². The Bertz CT molecular complexity index is 483. The zero-order valence-electron chi connectivity index (χ0n) is 10.5. The molecule has 1 aromatic heterocycles. The fourth-order valence-electron chi connectivity index (χ4n) is 1.48. The van der Waals surface area contributed by atoms with E-state index in [1.807, 2.05) is 12.1 Å². The van der Waals surface area contributed by atoms with Gasteiger partial charge in [0, 0.05) is 19.5 Å². The second kappa shape index (κ2) is 6.51. The molecule has 0 atom stereocenters. The number of rotatable bonds is 6. The van der Waals surface area contributed by atoms with Crippen LogP contribution in [0.25, 0.3) is 5.69 Å². The van der Waals surface area contributed by atoms with Crippen LogP contribution in [0, 0.1) is 6.92 Å². The van der Waals surface area contributed by atoms with Crippen molar-refractivity contribution in [2.45, 2.75) is 18.5 Å². The van der Waals surface area contributed by atoms with Gasteiger partial charge < -0.3 is 4.74 Å². The van der Waals surface area contributed by atoms with Gasteiger partial charge in [0.2, 0.25) is 5.16 Å². The maximum Gasteiger partial charge on any atom is 0.214 e. The predicted octanol–water partition coefficient (Wildman–Crippen LogP) is 2.10. The standard InChI is InChI=1S/C12H16N4OS/c1-10-4-6-11(7-5-10)16-12(13-14-15-16)18-9-3-8-17-2/h4-7H,3,8-9H2,1-2H3. The number of tetrazole rings is 1. The number of aryl methyl sites for hydroxylation is 1. The number of hydrogen-bond acceptors (Lipinski definition) is 5. The van der Waals surface area contributed by atoms with Crippen molar-refractivity contribution in [1.29, 1.82) is 0 Å². The molecule has 1 heterocycles. The number of nitrogens with zero attached hydrogens (tertiary/aromatic N) is 4. The van der Waals surface area contributed by atoms with Crippen molar-refractivity contribution in [3.8, 4) is 5.69 Å². The van der Waals surface area contributed by atoms with Gasteiger partial charge in [-0.25, -0.2) is 0 Å². The SMILES string of the molecule is COCCCSc1nnnn1-c1ccc(C)cc1. The topological polar surface area (TPSA) is 52.8 Å². The first kappa shape index (κ1) is 13.0. The van der Waals surface area contributed by atoms with E-state index in [1.54, 1.807) is 23.6 Å². The first-order valence-electron chi connectivity index (χ1n) is 5.78. The number of benzene rings is 1. The Labute approximate surface area is 111 Å². The zero-order valence-corrected chi connectivity index (χ0v) is 11.4. The van der Waals surface area contributed by atoms with Crippen LogP contribution in [-0.4, -0.2) is 39.7 Å². The minimum atomic E-state index is 0.763. The molecule has 2 aromatic rings. The maximum absolute atomic E-state index is 5.02. The summed E-state index contributed by atoms with van der Waals surface area (Å²) < 4.78 is 6.78. The molecule has 0 aliphatic carbocycles. The summed E-state index contributed by atoms with van der Waals surface area (Å²) in [5.74, 6) is 0.945. The summed E-state index contributed by atoms with van der Waals surface area (Å²) in [7, 11) is 1.71. The summed E-state index contributed by atoms with van der Waals surface area (Å²) in [5.41, 5.74) is 2.21. The Hall–Kier alpha value is -1.40. The van der Waals surface area contributed by atoms with Gasteiger partial charge in [-0.05, 0) is 35.9 Å². The van der Waals surface area contributed by atoms with Gasteiger partial charge in [0.15, 0.2) is 0 Å². The third kappa shape index (κ3) is 3.30. The second-order valence-electron chi connectivity index (χ2n) is 3.90. The first-order valence-corrected chi connectivity index (χ1v) is 6.77. The zero-order chi connectivity index (χ0) is 12.8. The smallest absolute Gasteiger partial charge is 0.214 e. The average Bonchev–Trinajstić information content (AvgIpc) is 2.84. The van der Waals surface area contributed by atoms with Crippen molar-refractivity contribution in [3.63, 3.8) is 0 Å². The second-order valence-corrected chi connectivity index (χ2v) is 4.97. The first-order chi connectivity index (χ1) is 8.81. The van der Waals surface area contributed by atoms with E-state index in [0.717, 1.165) is 29.6 Å². The molecule has 2 rings (SSSR count). The Morgan fingerprint density at radius 1 is 1.28 bits per heavy atom. The molecule has 0 amide bonds. The summed E-state index contributed by atoms with van der Waals surface area (Å²) >= 11 is 1.64. The van der Waals surface area contributed by atoms with Crippen LogP contribution in [-0.2, 0) is 4.74 Å². The monoisotopic (exact) mass is 264 g/mol. The molecule has 0 aliphatic rings. The van der Waals surface area contributed by atoms with E-state index in [4.69, 9.17) is 4.74 Å². The molecule has 0 unspecified atom stereocenters. The number of thioether (sulfide) groups is 1. The normalized spacial score (nSPS) is 10.8. The average molecular weight is 264 g/mol. The van der Waals surface area contributed by atoms with Crippen LogP contribution in [0.5, 0.6) is 0 Å². The van der Waals surface area contributed by atoms with Crippen molar-refractivity contribution in [3.05, 3.63) is 29.8 Å². The Balaban J connectivity index is 2.05. The van der Waals surface area contributed by atoms with Crippen LogP contribution in [0.3, 0.4) is 0 Å². The number of hydrogen-bond donors (Lipinski definition) is 0. The van der Waals surface area contributed by atoms with Crippen molar-refractivity contribution >= 4 is 11.8 Å². The van der Waals surface area contributed by atoms with Gasteiger partial charge in [-0.1, -0.05) is 29.5 Å². The number of aromatic nitrogens is 4. The van der Waals surface area contributed by atoms with Gasteiger partial charge in [0.1, 0.15) is 0 Å². The lowest BCUT2D eigenvalue weighted by molar-refractivity contribution is 0.200. The van der Waals surface area contributed by atoms with E-state index in [-0.39, 0.29) is 0 Å². The lowest BCUT2D eigenvalue weighted by Crippen LogP contribution is -2.00. The Kier molecular flexibility index (Phi) is 4.72. The molecular weight excluding hydrogens is 248 g/mol. The molecule has 1 aromatic carbocycles. The van der Waals surface area contributed by atoms with Gasteiger partial charge in [-0.3, -0.25) is 0 Å². The summed E-state index contributed by atoms with van der Waals surface area (Å²) in [6.45, 7) is 2.82. The quantitative estimate of drug-likeness (QED) is 0.591. The van der Waals surface area contributed by atoms with Gasteiger partial charge in [0.05, 0.1) is 5.69 Å². The minimum Gasteiger partial charge on any atom is -0.385 e. The van der Waals surface area contributed by atoms with Crippen LogP contribution >= 0.6 is 11.8 Å². The van der Waals surface area contributed by atoms with Gasteiger partial charge in [-0.2, -0.15) is 4.68 Å². The van der Waals surface area contributed by atoms with Crippen molar-refractivity contribution < 1.29 is 4.74 Å². The molecule has 0 radical (unpaired) electrons. The van der Waals surface area contributed by atoms with Gasteiger partial charge in [-0.15, -0.1) is 5.10 Å².